The first-order chi connectivity index (χ1) is 17.5. The number of halogens is 1. The quantitative estimate of drug-likeness (QED) is 0.283. The molecule has 0 saturated heterocycles. The molecule has 3 aromatic carbocycles. The number of hydrogen-bond donors (Lipinski definition) is 3. The maximum absolute atomic E-state index is 12.7. The summed E-state index contributed by atoms with van der Waals surface area (Å²) in [4.78, 5) is 16.7. The molecule has 0 aliphatic heterocycles. The summed E-state index contributed by atoms with van der Waals surface area (Å²) in [6, 6.07) is 20.9. The third kappa shape index (κ3) is 6.45. The van der Waals surface area contributed by atoms with Crippen LogP contribution in [0.4, 0.5) is 17.2 Å². The van der Waals surface area contributed by atoms with E-state index in [0.717, 1.165) is 5.56 Å². The molecule has 1 heterocycles. The van der Waals surface area contributed by atoms with Crippen LogP contribution in [0.1, 0.15) is 15.9 Å². The van der Waals surface area contributed by atoms with Gasteiger partial charge in [-0.1, -0.05) is 35.4 Å². The van der Waals surface area contributed by atoms with E-state index in [2.05, 4.69) is 19.7 Å². The third-order valence-corrected chi connectivity index (χ3v) is 8.20. The Balaban J connectivity index is 1.44. The van der Waals surface area contributed by atoms with Crippen LogP contribution in [-0.2, 0) is 20.0 Å². The second kappa shape index (κ2) is 10.6. The van der Waals surface area contributed by atoms with Crippen LogP contribution in [0.3, 0.4) is 0 Å². The van der Waals surface area contributed by atoms with E-state index >= 15 is 0 Å². The van der Waals surface area contributed by atoms with Gasteiger partial charge in [0.15, 0.2) is 0 Å². The van der Waals surface area contributed by atoms with Crippen molar-refractivity contribution in [2.75, 3.05) is 14.8 Å². The van der Waals surface area contributed by atoms with Crippen molar-refractivity contribution in [2.45, 2.75) is 16.7 Å². The Bertz CT molecular complexity index is 1640. The van der Waals surface area contributed by atoms with Crippen molar-refractivity contribution in [1.82, 2.24) is 4.98 Å². The van der Waals surface area contributed by atoms with Gasteiger partial charge in [-0.15, -0.1) is 0 Å². The molecule has 1 aromatic heterocycles. The number of sulfonamides is 2. The van der Waals surface area contributed by atoms with E-state index in [9.17, 15) is 21.6 Å². The summed E-state index contributed by atoms with van der Waals surface area (Å²) >= 11 is 6.26. The molecule has 0 fully saturated rings. The third-order valence-electron chi connectivity index (χ3n) is 5.12. The lowest BCUT2D eigenvalue weighted by molar-refractivity contribution is 0.102. The normalized spacial score (nSPS) is 11.5. The van der Waals surface area contributed by atoms with Gasteiger partial charge >= 0.3 is 0 Å². The van der Waals surface area contributed by atoms with Gasteiger partial charge in [-0.3, -0.25) is 14.2 Å². The van der Waals surface area contributed by atoms with Crippen LogP contribution in [0.25, 0.3) is 0 Å². The summed E-state index contributed by atoms with van der Waals surface area (Å²) in [6.07, 6.45) is 1.47. The van der Waals surface area contributed by atoms with Crippen LogP contribution in [0.2, 0.25) is 5.02 Å². The molecule has 4 rings (SSSR count). The fourth-order valence-corrected chi connectivity index (χ4v) is 5.55. The first-order valence-electron chi connectivity index (χ1n) is 10.8. The van der Waals surface area contributed by atoms with Crippen molar-refractivity contribution in [3.05, 3.63) is 107 Å². The number of nitrogens with one attached hydrogen (secondary N) is 3. The summed E-state index contributed by atoms with van der Waals surface area (Å²) in [5.41, 5.74) is 1.56. The molecule has 0 bridgehead atoms. The summed E-state index contributed by atoms with van der Waals surface area (Å²) in [6.45, 7) is 1.85. The topological polar surface area (TPSA) is 134 Å². The van der Waals surface area contributed by atoms with Gasteiger partial charge in [0.25, 0.3) is 26.0 Å². The Hall–Kier alpha value is -3.93. The minimum Gasteiger partial charge on any atom is -0.322 e. The molecule has 0 aliphatic carbocycles. The lowest BCUT2D eigenvalue weighted by Crippen LogP contribution is -2.15. The highest BCUT2D eigenvalue weighted by molar-refractivity contribution is 7.93. The van der Waals surface area contributed by atoms with Crippen molar-refractivity contribution in [2.24, 2.45) is 0 Å². The number of amides is 1. The van der Waals surface area contributed by atoms with Crippen molar-refractivity contribution in [3.63, 3.8) is 0 Å². The fraction of sp³-hybridized carbons (Fsp3) is 0.0400. The SMILES string of the molecule is Cc1ccc(S(=O)(=O)Nc2ccc(C(=O)Nc3ccc(S(=O)(=O)Nc4ccccn4)cc3)c(Cl)c2)cc1. The maximum atomic E-state index is 12.7. The highest BCUT2D eigenvalue weighted by atomic mass is 35.5. The Morgan fingerprint density at radius 1 is 0.757 bits per heavy atom. The van der Waals surface area contributed by atoms with Gasteiger partial charge in [0.05, 0.1) is 26.1 Å². The first-order valence-corrected chi connectivity index (χ1v) is 14.1. The molecule has 190 valence electrons. The Morgan fingerprint density at radius 2 is 1.35 bits per heavy atom. The van der Waals surface area contributed by atoms with Crippen LogP contribution in [0, 0.1) is 6.92 Å². The van der Waals surface area contributed by atoms with Crippen LogP contribution in [-0.4, -0.2) is 27.7 Å². The average Bonchev–Trinajstić information content (AvgIpc) is 2.85. The number of pyridine rings is 1. The number of nitrogens with zero attached hydrogens (tertiary/aromatic N) is 1. The predicted molar refractivity (Wildman–Crippen MR) is 143 cm³/mol. The van der Waals surface area contributed by atoms with Crippen LogP contribution >= 0.6 is 11.6 Å². The molecule has 1 amide bonds. The number of aryl methyl sites for hydroxylation is 1. The molecule has 12 heteroatoms. The molecule has 0 radical (unpaired) electrons. The zero-order valence-corrected chi connectivity index (χ0v) is 21.7. The van der Waals surface area contributed by atoms with Crippen LogP contribution in [0.5, 0.6) is 0 Å². The number of rotatable bonds is 8. The van der Waals surface area contributed by atoms with Crippen molar-refractivity contribution in [3.8, 4) is 0 Å². The molecule has 4 aromatic rings. The van der Waals surface area contributed by atoms with Gasteiger partial charge in [-0.25, -0.2) is 21.8 Å². The summed E-state index contributed by atoms with van der Waals surface area (Å²) in [7, 11) is -7.69. The van der Waals surface area contributed by atoms with E-state index in [0.29, 0.717) is 5.69 Å². The molecule has 37 heavy (non-hydrogen) atoms. The second-order valence-corrected chi connectivity index (χ2v) is 11.7. The average molecular weight is 557 g/mol. The number of aromatic nitrogens is 1. The molecule has 0 saturated carbocycles. The smallest absolute Gasteiger partial charge is 0.263 e. The highest BCUT2D eigenvalue weighted by Gasteiger charge is 2.18. The number of anilines is 3. The van der Waals surface area contributed by atoms with Gasteiger partial charge in [-0.2, -0.15) is 0 Å². The largest absolute Gasteiger partial charge is 0.322 e. The van der Waals surface area contributed by atoms with Crippen LogP contribution < -0.4 is 14.8 Å². The summed E-state index contributed by atoms with van der Waals surface area (Å²) in [5.74, 6) is -0.376. The molecule has 0 atom stereocenters. The van der Waals surface area contributed by atoms with Gasteiger partial charge in [-0.05, 0) is 73.7 Å². The van der Waals surface area contributed by atoms with Gasteiger partial charge < -0.3 is 5.32 Å². The van der Waals surface area contributed by atoms with E-state index in [1.165, 1.54) is 66.9 Å². The van der Waals surface area contributed by atoms with Gasteiger partial charge in [0.2, 0.25) is 0 Å². The highest BCUT2D eigenvalue weighted by Crippen LogP contribution is 2.25. The predicted octanol–water partition coefficient (Wildman–Crippen LogP) is 4.90. The standard InChI is InChI=1S/C25H21ClN4O5S2/c1-17-5-10-20(11-6-17)36(32,33)29-19-9-14-22(23(26)16-19)25(31)28-18-7-12-21(13-8-18)37(34,35)30-24-4-2-3-15-27-24/h2-16,29H,1H3,(H,27,30)(H,28,31). The molecule has 0 unspecified atom stereocenters. The minimum atomic E-state index is -3.86. The van der Waals surface area contributed by atoms with Gasteiger partial charge in [0.1, 0.15) is 5.82 Å². The maximum Gasteiger partial charge on any atom is 0.263 e. The Morgan fingerprint density at radius 3 is 1.95 bits per heavy atom. The number of hydrogen-bond acceptors (Lipinski definition) is 6. The summed E-state index contributed by atoms with van der Waals surface area (Å²) in [5, 5.41) is 2.66. The van der Waals surface area contributed by atoms with E-state index in [-0.39, 0.29) is 31.9 Å². The minimum absolute atomic E-state index is 0.0144. The first kappa shape index (κ1) is 26.1. The Kier molecular flexibility index (Phi) is 7.48. The van der Waals surface area contributed by atoms with Crippen molar-refractivity contribution < 1.29 is 21.6 Å². The zero-order chi connectivity index (χ0) is 26.6. The van der Waals surface area contributed by atoms with E-state index in [1.54, 1.807) is 24.3 Å². The summed E-state index contributed by atoms with van der Waals surface area (Å²) < 4.78 is 55.1. The Labute approximate surface area is 219 Å². The number of carbonyl (C=O) groups excluding carboxylic acids is 1. The van der Waals surface area contributed by atoms with Gasteiger partial charge in [0, 0.05) is 11.9 Å². The lowest BCUT2D eigenvalue weighted by atomic mass is 10.2. The number of carbonyl (C=O) groups is 1. The molecule has 0 aliphatic rings. The van der Waals surface area contributed by atoms with Crippen molar-refractivity contribution >= 4 is 54.7 Å². The van der Waals surface area contributed by atoms with E-state index in [4.69, 9.17) is 11.6 Å². The van der Waals surface area contributed by atoms with Crippen LogP contribution in [0.15, 0.2) is 101 Å². The fourth-order valence-electron chi connectivity index (χ4n) is 3.23. The monoisotopic (exact) mass is 556 g/mol. The zero-order valence-electron chi connectivity index (χ0n) is 19.3. The molecule has 9 nitrogen and oxygen atoms in total. The molecule has 3 N–H and O–H groups in total. The number of benzene rings is 3. The second-order valence-electron chi connectivity index (χ2n) is 7.91. The van der Waals surface area contributed by atoms with Crippen molar-refractivity contribution in [1.29, 1.82) is 0 Å². The molecular formula is C25H21ClN4O5S2. The molecule has 0 spiro atoms. The van der Waals surface area contributed by atoms with E-state index in [1.807, 2.05) is 6.92 Å². The lowest BCUT2D eigenvalue weighted by Gasteiger charge is -2.12. The molecular weight excluding hydrogens is 536 g/mol. The van der Waals surface area contributed by atoms with E-state index < -0.39 is 26.0 Å².